The van der Waals surface area contributed by atoms with E-state index in [1.54, 1.807) is 28.4 Å². The van der Waals surface area contributed by atoms with E-state index in [4.69, 9.17) is 9.47 Å². The highest BCUT2D eigenvalue weighted by atomic mass is 16.5. The van der Waals surface area contributed by atoms with E-state index in [1.165, 1.54) is 13.3 Å². The van der Waals surface area contributed by atoms with Crippen LogP contribution in [-0.2, 0) is 16.5 Å². The summed E-state index contributed by atoms with van der Waals surface area (Å²) in [7, 11) is 3.03. The molecular weight excluding hydrogens is 376 g/mol. The predicted molar refractivity (Wildman–Crippen MR) is 105 cm³/mol. The van der Waals surface area contributed by atoms with Gasteiger partial charge in [-0.25, -0.2) is 19.6 Å². The van der Waals surface area contributed by atoms with E-state index in [2.05, 4.69) is 20.3 Å². The molecule has 4 heterocycles. The molecule has 0 bridgehead atoms. The highest BCUT2D eigenvalue weighted by Gasteiger charge is 2.23. The standard InChI is InChI=1S/C19H22N6O4/c1-11-8-13(17(26)28-3)20-9-14(11)22-18-21-10-15-16(23-18)25(19(27)24(15)2)12-4-6-29-7-5-12/h8-10,12H,4-7H2,1-3H3,(H,21,22,23). The Labute approximate surface area is 166 Å². The number of imidazole rings is 1. The van der Waals surface area contributed by atoms with Crippen molar-refractivity contribution < 1.29 is 14.3 Å². The van der Waals surface area contributed by atoms with E-state index >= 15 is 0 Å². The average molecular weight is 398 g/mol. The van der Waals surface area contributed by atoms with Gasteiger partial charge in [-0.15, -0.1) is 0 Å². The smallest absolute Gasteiger partial charge is 0.356 e. The third-order valence-corrected chi connectivity index (χ3v) is 5.14. The van der Waals surface area contributed by atoms with Crippen molar-refractivity contribution in [2.45, 2.75) is 25.8 Å². The molecule has 0 atom stereocenters. The second-order valence-corrected chi connectivity index (χ2v) is 6.96. The van der Waals surface area contributed by atoms with Gasteiger partial charge in [0.1, 0.15) is 11.2 Å². The van der Waals surface area contributed by atoms with Crippen LogP contribution in [0.4, 0.5) is 11.6 Å². The summed E-state index contributed by atoms with van der Waals surface area (Å²) in [6.07, 6.45) is 4.70. The second kappa shape index (κ2) is 7.63. The number of anilines is 2. The van der Waals surface area contributed by atoms with Gasteiger partial charge in [-0.05, 0) is 31.4 Å². The Morgan fingerprint density at radius 3 is 2.72 bits per heavy atom. The monoisotopic (exact) mass is 398 g/mol. The topological polar surface area (TPSA) is 113 Å². The number of fused-ring (bicyclic) bond motifs is 1. The van der Waals surface area contributed by atoms with Crippen LogP contribution in [0.25, 0.3) is 11.2 Å². The van der Waals surface area contributed by atoms with E-state index < -0.39 is 5.97 Å². The Morgan fingerprint density at radius 2 is 2.03 bits per heavy atom. The van der Waals surface area contributed by atoms with Gasteiger partial charge in [0, 0.05) is 26.3 Å². The third kappa shape index (κ3) is 3.46. The van der Waals surface area contributed by atoms with Crippen LogP contribution in [0.15, 0.2) is 23.3 Å². The molecular formula is C19H22N6O4. The van der Waals surface area contributed by atoms with Crippen molar-refractivity contribution in [3.63, 3.8) is 0 Å². The zero-order valence-electron chi connectivity index (χ0n) is 16.5. The molecule has 1 fully saturated rings. The number of nitrogens with one attached hydrogen (secondary N) is 1. The Hall–Kier alpha value is -3.27. The first-order valence-electron chi connectivity index (χ1n) is 9.33. The van der Waals surface area contributed by atoms with Crippen molar-refractivity contribution in [2.75, 3.05) is 25.6 Å². The molecule has 4 rings (SSSR count). The summed E-state index contributed by atoms with van der Waals surface area (Å²) in [6, 6.07) is 1.68. The van der Waals surface area contributed by atoms with Crippen molar-refractivity contribution in [1.82, 2.24) is 24.1 Å². The molecule has 29 heavy (non-hydrogen) atoms. The Morgan fingerprint density at radius 1 is 1.28 bits per heavy atom. The van der Waals surface area contributed by atoms with Gasteiger partial charge in [-0.3, -0.25) is 9.13 Å². The molecule has 0 amide bonds. The summed E-state index contributed by atoms with van der Waals surface area (Å²) in [6.45, 7) is 3.09. The number of rotatable bonds is 4. The largest absolute Gasteiger partial charge is 0.464 e. The molecule has 1 aliphatic heterocycles. The Kier molecular flexibility index (Phi) is 5.01. The van der Waals surface area contributed by atoms with E-state index in [0.717, 1.165) is 18.4 Å². The SMILES string of the molecule is COC(=O)c1cc(C)c(Nc2ncc3c(n2)n(C2CCOCC2)c(=O)n3C)cn1. The third-order valence-electron chi connectivity index (χ3n) is 5.14. The lowest BCUT2D eigenvalue weighted by Crippen LogP contribution is -2.30. The molecule has 0 aromatic carbocycles. The van der Waals surface area contributed by atoms with Crippen LogP contribution in [0.1, 0.15) is 34.9 Å². The molecule has 152 valence electrons. The Balaban J connectivity index is 1.70. The number of ether oxygens (including phenoxy) is 2. The van der Waals surface area contributed by atoms with E-state index in [1.807, 2.05) is 6.92 Å². The number of hydrogen-bond acceptors (Lipinski definition) is 8. The number of aryl methyl sites for hydroxylation is 2. The number of pyridine rings is 1. The van der Waals surface area contributed by atoms with E-state index in [9.17, 15) is 9.59 Å². The van der Waals surface area contributed by atoms with Crippen LogP contribution in [0, 0.1) is 6.92 Å². The predicted octanol–water partition coefficient (Wildman–Crippen LogP) is 1.72. The van der Waals surface area contributed by atoms with Crippen molar-refractivity contribution in [3.8, 4) is 0 Å². The lowest BCUT2D eigenvalue weighted by Gasteiger charge is -2.22. The number of hydrogen-bond donors (Lipinski definition) is 1. The van der Waals surface area contributed by atoms with Gasteiger partial charge in [0.25, 0.3) is 0 Å². The fourth-order valence-electron chi connectivity index (χ4n) is 3.49. The van der Waals surface area contributed by atoms with E-state index in [0.29, 0.717) is 36.0 Å². The van der Waals surface area contributed by atoms with Gasteiger partial charge in [0.2, 0.25) is 5.95 Å². The van der Waals surface area contributed by atoms with Crippen LogP contribution in [0.5, 0.6) is 0 Å². The number of esters is 1. The highest BCUT2D eigenvalue weighted by molar-refractivity contribution is 5.87. The quantitative estimate of drug-likeness (QED) is 0.661. The maximum absolute atomic E-state index is 12.8. The minimum atomic E-state index is -0.498. The zero-order valence-corrected chi connectivity index (χ0v) is 16.5. The summed E-state index contributed by atoms with van der Waals surface area (Å²) in [4.78, 5) is 37.5. The molecule has 0 spiro atoms. The molecule has 1 aliphatic rings. The van der Waals surface area contributed by atoms with Gasteiger partial charge in [-0.2, -0.15) is 4.98 Å². The van der Waals surface area contributed by atoms with Crippen LogP contribution >= 0.6 is 0 Å². The molecule has 0 radical (unpaired) electrons. The lowest BCUT2D eigenvalue weighted by atomic mass is 10.1. The molecule has 10 nitrogen and oxygen atoms in total. The van der Waals surface area contributed by atoms with Crippen molar-refractivity contribution >= 4 is 28.8 Å². The van der Waals surface area contributed by atoms with Crippen molar-refractivity contribution in [1.29, 1.82) is 0 Å². The summed E-state index contributed by atoms with van der Waals surface area (Å²) in [5, 5.41) is 3.12. The number of methoxy groups -OCH3 is 1. The number of carbonyl (C=O) groups is 1. The van der Waals surface area contributed by atoms with E-state index in [-0.39, 0.29) is 17.4 Å². The fourth-order valence-corrected chi connectivity index (χ4v) is 3.49. The van der Waals surface area contributed by atoms with Crippen molar-refractivity contribution in [3.05, 3.63) is 40.2 Å². The first-order valence-corrected chi connectivity index (χ1v) is 9.33. The lowest BCUT2D eigenvalue weighted by molar-refractivity contribution is 0.0594. The van der Waals surface area contributed by atoms with Gasteiger partial charge in [0.05, 0.1) is 25.2 Å². The van der Waals surface area contributed by atoms with Crippen molar-refractivity contribution in [2.24, 2.45) is 7.05 Å². The molecule has 10 heteroatoms. The number of nitrogens with zero attached hydrogens (tertiary/aromatic N) is 5. The highest BCUT2D eigenvalue weighted by Crippen LogP contribution is 2.25. The molecule has 1 saturated heterocycles. The normalized spacial score (nSPS) is 14.9. The summed E-state index contributed by atoms with van der Waals surface area (Å²) in [5.74, 6) is -0.151. The van der Waals surface area contributed by atoms with Gasteiger partial charge in [-0.1, -0.05) is 0 Å². The molecule has 0 aliphatic carbocycles. The summed E-state index contributed by atoms with van der Waals surface area (Å²) >= 11 is 0. The van der Waals surface area contributed by atoms with Crippen LogP contribution in [0.2, 0.25) is 0 Å². The summed E-state index contributed by atoms with van der Waals surface area (Å²) < 4.78 is 13.4. The molecule has 3 aromatic heterocycles. The average Bonchev–Trinajstić information content (AvgIpc) is 2.99. The Bertz CT molecular complexity index is 1130. The van der Waals surface area contributed by atoms with Gasteiger partial charge < -0.3 is 14.8 Å². The van der Waals surface area contributed by atoms with Crippen LogP contribution < -0.4 is 11.0 Å². The molecule has 1 N–H and O–H groups in total. The number of aromatic nitrogens is 5. The molecule has 0 unspecified atom stereocenters. The maximum atomic E-state index is 12.8. The van der Waals surface area contributed by atoms with Crippen LogP contribution in [-0.4, -0.2) is 50.4 Å². The second-order valence-electron chi connectivity index (χ2n) is 6.96. The molecule has 0 saturated carbocycles. The minimum absolute atomic E-state index is 0.0467. The first-order chi connectivity index (χ1) is 14.0. The van der Waals surface area contributed by atoms with Crippen LogP contribution in [0.3, 0.4) is 0 Å². The molecule has 3 aromatic rings. The summed E-state index contributed by atoms with van der Waals surface area (Å²) in [5.41, 5.74) is 2.82. The van der Waals surface area contributed by atoms with Gasteiger partial charge in [0.15, 0.2) is 5.65 Å². The fraction of sp³-hybridized carbons (Fsp3) is 0.421. The number of carbonyl (C=O) groups excluding carboxylic acids is 1. The zero-order chi connectivity index (χ0) is 20.5. The maximum Gasteiger partial charge on any atom is 0.356 e. The first kappa shape index (κ1) is 19.1. The van der Waals surface area contributed by atoms with Gasteiger partial charge >= 0.3 is 11.7 Å². The minimum Gasteiger partial charge on any atom is -0.464 e.